The van der Waals surface area contributed by atoms with Gasteiger partial charge in [-0.25, -0.2) is 0 Å². The molecule has 0 saturated carbocycles. The quantitative estimate of drug-likeness (QED) is 0.188. The maximum Gasteiger partial charge on any atom is 0.251 e. The molecular formula is C36H43N3O5. The molecule has 3 aromatic carbocycles. The molecule has 0 aromatic heterocycles. The zero-order valence-corrected chi connectivity index (χ0v) is 25.8. The summed E-state index contributed by atoms with van der Waals surface area (Å²) in [6, 6.07) is 22.5. The van der Waals surface area contributed by atoms with E-state index in [9.17, 15) is 9.59 Å². The van der Waals surface area contributed by atoms with Crippen molar-refractivity contribution >= 4 is 29.8 Å². The van der Waals surface area contributed by atoms with Crippen LogP contribution in [0.25, 0.3) is 17.2 Å². The van der Waals surface area contributed by atoms with Gasteiger partial charge < -0.3 is 24.4 Å². The molecule has 8 nitrogen and oxygen atoms in total. The van der Waals surface area contributed by atoms with Crippen molar-refractivity contribution in [3.8, 4) is 16.9 Å². The molecular weight excluding hydrogens is 554 g/mol. The standard InChI is InChI=1S/C36H43N3O5/c1-3-18-42-21-22-44-34-11-6-28(7-12-34)29-8-13-35-31(23-29)24-30(14-17-39(35)26-40)36(41)37-32-9-4-27(5-10-32)25-38(2)33-15-19-43-20-16-33/h4-13,23-24,26,33H,3,14-22,25H2,1-2H3,(H,37,41). The molecule has 1 fully saturated rings. The Labute approximate surface area is 260 Å². The number of carbonyl (C=O) groups excluding carboxylic acids is 2. The van der Waals surface area contributed by atoms with E-state index in [0.29, 0.717) is 37.8 Å². The van der Waals surface area contributed by atoms with Crippen molar-refractivity contribution in [2.45, 2.75) is 45.2 Å². The fourth-order valence-electron chi connectivity index (χ4n) is 5.68. The van der Waals surface area contributed by atoms with Crippen LogP contribution < -0.4 is 15.0 Å². The number of benzene rings is 3. The van der Waals surface area contributed by atoms with Crippen molar-refractivity contribution in [2.24, 2.45) is 0 Å². The molecule has 2 heterocycles. The third-order valence-corrected chi connectivity index (χ3v) is 8.20. The van der Waals surface area contributed by atoms with Gasteiger partial charge in [-0.3, -0.25) is 14.5 Å². The van der Waals surface area contributed by atoms with Gasteiger partial charge in [0.25, 0.3) is 5.91 Å². The molecule has 0 aliphatic carbocycles. The molecule has 0 unspecified atom stereocenters. The third kappa shape index (κ3) is 8.34. The lowest BCUT2D eigenvalue weighted by Crippen LogP contribution is -2.36. The molecule has 0 bridgehead atoms. The maximum absolute atomic E-state index is 13.4. The SMILES string of the molecule is CCCOCCOc1ccc(-c2ccc3c(c2)C=C(C(=O)Nc2ccc(CN(C)C4CCOCC4)cc2)CCN3C=O)cc1. The van der Waals surface area contributed by atoms with Gasteiger partial charge in [0, 0.05) is 50.2 Å². The van der Waals surface area contributed by atoms with E-state index in [-0.39, 0.29) is 5.91 Å². The number of nitrogens with zero attached hydrogens (tertiary/aromatic N) is 2. The molecule has 0 radical (unpaired) electrons. The van der Waals surface area contributed by atoms with E-state index in [1.165, 1.54) is 5.56 Å². The molecule has 3 aromatic rings. The van der Waals surface area contributed by atoms with Gasteiger partial charge in [-0.2, -0.15) is 0 Å². The predicted molar refractivity (Wildman–Crippen MR) is 175 cm³/mol. The summed E-state index contributed by atoms with van der Waals surface area (Å²) in [5.74, 6) is 0.625. The van der Waals surface area contributed by atoms with Crippen molar-refractivity contribution in [2.75, 3.05) is 56.8 Å². The van der Waals surface area contributed by atoms with E-state index in [1.54, 1.807) is 4.90 Å². The molecule has 5 rings (SSSR count). The predicted octanol–water partition coefficient (Wildman–Crippen LogP) is 6.16. The van der Waals surface area contributed by atoms with Crippen LogP contribution >= 0.6 is 0 Å². The van der Waals surface area contributed by atoms with Crippen LogP contribution in [0.15, 0.2) is 72.3 Å². The Morgan fingerprint density at radius 3 is 2.48 bits per heavy atom. The van der Waals surface area contributed by atoms with Gasteiger partial charge in [0.05, 0.1) is 12.3 Å². The highest BCUT2D eigenvalue weighted by atomic mass is 16.5. The fraction of sp³-hybridized carbons (Fsp3) is 0.389. The number of hydrogen-bond acceptors (Lipinski definition) is 6. The van der Waals surface area contributed by atoms with Crippen LogP contribution in [-0.4, -0.2) is 69.9 Å². The van der Waals surface area contributed by atoms with Crippen LogP contribution in [0.5, 0.6) is 5.75 Å². The van der Waals surface area contributed by atoms with Crippen LogP contribution in [-0.2, 0) is 25.6 Å². The molecule has 2 aliphatic rings. The normalized spacial score (nSPS) is 15.3. The number of anilines is 2. The van der Waals surface area contributed by atoms with Crippen molar-refractivity contribution in [1.82, 2.24) is 4.90 Å². The summed E-state index contributed by atoms with van der Waals surface area (Å²) in [5.41, 5.74) is 6.21. The zero-order valence-electron chi connectivity index (χ0n) is 25.8. The minimum Gasteiger partial charge on any atom is -0.491 e. The van der Waals surface area contributed by atoms with Crippen LogP contribution in [0.2, 0.25) is 0 Å². The Balaban J connectivity index is 1.25. The molecule has 2 aliphatic heterocycles. The zero-order chi connectivity index (χ0) is 30.7. The summed E-state index contributed by atoms with van der Waals surface area (Å²) >= 11 is 0. The molecule has 1 N–H and O–H groups in total. The molecule has 232 valence electrons. The minimum atomic E-state index is -0.161. The molecule has 1 saturated heterocycles. The summed E-state index contributed by atoms with van der Waals surface area (Å²) in [5, 5.41) is 3.06. The highest BCUT2D eigenvalue weighted by molar-refractivity contribution is 6.08. The largest absolute Gasteiger partial charge is 0.491 e. The lowest BCUT2D eigenvalue weighted by atomic mass is 10.00. The number of amides is 2. The third-order valence-electron chi connectivity index (χ3n) is 8.20. The summed E-state index contributed by atoms with van der Waals surface area (Å²) < 4.78 is 16.8. The second-order valence-corrected chi connectivity index (χ2v) is 11.4. The first-order valence-electron chi connectivity index (χ1n) is 15.6. The van der Waals surface area contributed by atoms with E-state index in [2.05, 4.69) is 36.3 Å². The van der Waals surface area contributed by atoms with E-state index in [0.717, 1.165) is 85.9 Å². The number of fused-ring (bicyclic) bond motifs is 1. The van der Waals surface area contributed by atoms with E-state index in [1.807, 2.05) is 60.7 Å². The van der Waals surface area contributed by atoms with Gasteiger partial charge in [-0.05, 0) is 97.5 Å². The highest BCUT2D eigenvalue weighted by Crippen LogP contribution is 2.33. The van der Waals surface area contributed by atoms with E-state index >= 15 is 0 Å². The van der Waals surface area contributed by atoms with E-state index < -0.39 is 0 Å². The Hall–Kier alpha value is -3.98. The average Bonchev–Trinajstić information content (AvgIpc) is 3.25. The molecule has 0 spiro atoms. The number of carbonyl (C=O) groups is 2. The van der Waals surface area contributed by atoms with Gasteiger partial charge in [0.1, 0.15) is 12.4 Å². The van der Waals surface area contributed by atoms with Crippen LogP contribution in [0.3, 0.4) is 0 Å². The van der Waals surface area contributed by atoms with Gasteiger partial charge in [-0.1, -0.05) is 37.3 Å². The lowest BCUT2D eigenvalue weighted by molar-refractivity contribution is -0.113. The fourth-order valence-corrected chi connectivity index (χ4v) is 5.68. The molecule has 44 heavy (non-hydrogen) atoms. The van der Waals surface area contributed by atoms with E-state index in [4.69, 9.17) is 14.2 Å². The smallest absolute Gasteiger partial charge is 0.251 e. The number of rotatable bonds is 13. The second-order valence-electron chi connectivity index (χ2n) is 11.4. The Kier molecular flexibility index (Phi) is 11.2. The van der Waals surface area contributed by atoms with Crippen molar-refractivity contribution in [3.05, 3.63) is 83.4 Å². The van der Waals surface area contributed by atoms with Crippen LogP contribution in [0.1, 0.15) is 43.7 Å². The second kappa shape index (κ2) is 15.7. The summed E-state index contributed by atoms with van der Waals surface area (Å²) in [4.78, 5) is 29.4. The number of ether oxygens (including phenoxy) is 3. The number of hydrogen-bond donors (Lipinski definition) is 1. The molecule has 2 amide bonds. The van der Waals surface area contributed by atoms with Crippen molar-refractivity contribution in [3.63, 3.8) is 0 Å². The van der Waals surface area contributed by atoms with Crippen molar-refractivity contribution in [1.29, 1.82) is 0 Å². The van der Waals surface area contributed by atoms with Gasteiger partial charge in [0.15, 0.2) is 0 Å². The van der Waals surface area contributed by atoms with Gasteiger partial charge in [-0.15, -0.1) is 0 Å². The minimum absolute atomic E-state index is 0.161. The summed E-state index contributed by atoms with van der Waals surface area (Å²) in [6.45, 7) is 6.83. The summed E-state index contributed by atoms with van der Waals surface area (Å²) in [6.07, 6.45) is 6.30. The maximum atomic E-state index is 13.4. The first-order chi connectivity index (χ1) is 21.5. The Bertz CT molecular complexity index is 1410. The summed E-state index contributed by atoms with van der Waals surface area (Å²) in [7, 11) is 2.16. The highest BCUT2D eigenvalue weighted by Gasteiger charge is 2.21. The van der Waals surface area contributed by atoms with Crippen molar-refractivity contribution < 1.29 is 23.8 Å². The average molecular weight is 598 g/mol. The Morgan fingerprint density at radius 2 is 1.75 bits per heavy atom. The first kappa shape index (κ1) is 31.4. The lowest BCUT2D eigenvalue weighted by Gasteiger charge is -2.31. The Morgan fingerprint density at radius 1 is 1.00 bits per heavy atom. The van der Waals surface area contributed by atoms with Crippen LogP contribution in [0, 0.1) is 0 Å². The molecule has 0 atom stereocenters. The number of nitrogens with one attached hydrogen (secondary N) is 1. The molecule has 8 heteroatoms. The van der Waals surface area contributed by atoms with Crippen LogP contribution in [0.4, 0.5) is 11.4 Å². The monoisotopic (exact) mass is 597 g/mol. The van der Waals surface area contributed by atoms with Gasteiger partial charge in [0.2, 0.25) is 6.41 Å². The van der Waals surface area contributed by atoms with Gasteiger partial charge >= 0.3 is 0 Å². The first-order valence-corrected chi connectivity index (χ1v) is 15.6. The topological polar surface area (TPSA) is 80.3 Å².